The summed E-state index contributed by atoms with van der Waals surface area (Å²) in [6, 6.07) is 1.28. The Balaban J connectivity index is 1.47. The smallest absolute Gasteiger partial charge is 0.352 e. The molecule has 196 valence electrons. The number of benzene rings is 1. The summed E-state index contributed by atoms with van der Waals surface area (Å²) in [6.07, 6.45) is -3.85. The van der Waals surface area contributed by atoms with Gasteiger partial charge in [-0.15, -0.1) is 0 Å². The highest BCUT2D eigenvalue weighted by Crippen LogP contribution is 2.36. The maximum atomic E-state index is 13.0. The van der Waals surface area contributed by atoms with Crippen molar-refractivity contribution in [2.45, 2.75) is 76.3 Å². The highest BCUT2D eigenvalue weighted by molar-refractivity contribution is 5.94. The number of alkyl halides is 6. The molecule has 1 saturated heterocycles. The molecule has 0 bridgehead atoms. The van der Waals surface area contributed by atoms with Gasteiger partial charge in [-0.2, -0.15) is 26.3 Å². The largest absolute Gasteiger partial charge is 0.416 e. The number of likely N-dealkylation sites (tertiary alicyclic amines) is 1. The minimum Gasteiger partial charge on any atom is -0.352 e. The molecule has 1 aromatic rings. The lowest BCUT2D eigenvalue weighted by Gasteiger charge is -2.34. The first kappa shape index (κ1) is 27.3. The van der Waals surface area contributed by atoms with Crippen molar-refractivity contribution in [3.63, 3.8) is 0 Å². The fourth-order valence-electron chi connectivity index (χ4n) is 4.80. The molecule has 0 aromatic heterocycles. The third kappa shape index (κ3) is 7.59. The van der Waals surface area contributed by atoms with Gasteiger partial charge in [0.2, 0.25) is 5.91 Å². The van der Waals surface area contributed by atoms with Gasteiger partial charge < -0.3 is 15.5 Å². The molecule has 1 saturated carbocycles. The summed E-state index contributed by atoms with van der Waals surface area (Å²) in [5.41, 5.74) is -3.71. The van der Waals surface area contributed by atoms with Crippen molar-refractivity contribution < 1.29 is 35.9 Å². The van der Waals surface area contributed by atoms with Crippen molar-refractivity contribution in [3.8, 4) is 0 Å². The fourth-order valence-corrected chi connectivity index (χ4v) is 4.80. The van der Waals surface area contributed by atoms with Gasteiger partial charge in [0.1, 0.15) is 0 Å². The second kappa shape index (κ2) is 11.2. The Hall–Kier alpha value is -2.30. The molecule has 2 amide bonds. The number of hydrogen-bond donors (Lipinski definition) is 2. The molecule has 1 aromatic carbocycles. The lowest BCUT2D eigenvalue weighted by atomic mass is 9.86. The molecule has 35 heavy (non-hydrogen) atoms. The van der Waals surface area contributed by atoms with Crippen molar-refractivity contribution in [3.05, 3.63) is 34.9 Å². The van der Waals surface area contributed by atoms with Gasteiger partial charge >= 0.3 is 12.4 Å². The molecule has 0 radical (unpaired) electrons. The van der Waals surface area contributed by atoms with E-state index in [0.29, 0.717) is 12.1 Å². The van der Waals surface area contributed by atoms with E-state index >= 15 is 0 Å². The van der Waals surface area contributed by atoms with Crippen LogP contribution in [0.25, 0.3) is 0 Å². The maximum Gasteiger partial charge on any atom is 0.416 e. The lowest BCUT2D eigenvalue weighted by molar-refractivity contribution is -0.143. The van der Waals surface area contributed by atoms with E-state index in [-0.39, 0.29) is 43.1 Å². The standard InChI is InChI=1S/C24H31F6N3O2/c1-15-4-2-3-9-33(15)21(34)14-31-20-7-5-16(6-8-20)13-32-22(35)17-10-18(23(25,26)27)12-19(11-17)24(28,29)30/h10-12,15-16,20,31H,2-9,13-14H2,1H3,(H,32,35)/t15?,16-,20+. The number of nitrogens with one attached hydrogen (secondary N) is 2. The maximum absolute atomic E-state index is 13.0. The summed E-state index contributed by atoms with van der Waals surface area (Å²) in [5.74, 6) is -0.822. The summed E-state index contributed by atoms with van der Waals surface area (Å²) in [4.78, 5) is 26.8. The molecule has 1 aliphatic heterocycles. The zero-order valence-electron chi connectivity index (χ0n) is 19.6. The lowest BCUT2D eigenvalue weighted by Crippen LogP contribution is -2.48. The first-order chi connectivity index (χ1) is 16.3. The number of amides is 2. The second-order valence-corrected chi connectivity index (χ2v) is 9.54. The summed E-state index contributed by atoms with van der Waals surface area (Å²) in [6.45, 7) is 3.27. The molecule has 1 aliphatic carbocycles. The van der Waals surface area contributed by atoms with Gasteiger partial charge in [-0.1, -0.05) is 0 Å². The van der Waals surface area contributed by atoms with Gasteiger partial charge in [-0.05, 0) is 76.0 Å². The first-order valence-electron chi connectivity index (χ1n) is 11.9. The van der Waals surface area contributed by atoms with E-state index in [1.165, 1.54) is 0 Å². The van der Waals surface area contributed by atoms with Gasteiger partial charge in [-0.25, -0.2) is 0 Å². The average Bonchev–Trinajstić information content (AvgIpc) is 2.80. The zero-order chi connectivity index (χ0) is 25.8. The Labute approximate surface area is 200 Å². The molecule has 1 heterocycles. The van der Waals surface area contributed by atoms with E-state index in [1.807, 2.05) is 4.90 Å². The van der Waals surface area contributed by atoms with Crippen molar-refractivity contribution >= 4 is 11.8 Å². The zero-order valence-corrected chi connectivity index (χ0v) is 19.6. The molecule has 11 heteroatoms. The molecule has 2 aliphatic rings. The van der Waals surface area contributed by atoms with Crippen molar-refractivity contribution in [1.29, 1.82) is 0 Å². The predicted octanol–water partition coefficient (Wildman–Crippen LogP) is 5.00. The third-order valence-corrected chi connectivity index (χ3v) is 6.91. The number of carbonyl (C=O) groups excluding carboxylic acids is 2. The van der Waals surface area contributed by atoms with Crippen LogP contribution < -0.4 is 10.6 Å². The molecule has 0 spiro atoms. The van der Waals surface area contributed by atoms with Crippen LogP contribution >= 0.6 is 0 Å². The molecule has 5 nitrogen and oxygen atoms in total. The van der Waals surface area contributed by atoms with Crippen LogP contribution in [0.4, 0.5) is 26.3 Å². The fraction of sp³-hybridized carbons (Fsp3) is 0.667. The Morgan fingerprint density at radius 2 is 1.51 bits per heavy atom. The number of carbonyl (C=O) groups is 2. The highest BCUT2D eigenvalue weighted by atomic mass is 19.4. The van der Waals surface area contributed by atoms with Gasteiger partial charge in [-0.3, -0.25) is 9.59 Å². The van der Waals surface area contributed by atoms with E-state index in [9.17, 15) is 35.9 Å². The van der Waals surface area contributed by atoms with Gasteiger partial charge in [0.15, 0.2) is 0 Å². The summed E-state index contributed by atoms with van der Waals surface area (Å²) < 4.78 is 78.1. The minimum absolute atomic E-state index is 0.00172. The highest BCUT2D eigenvalue weighted by Gasteiger charge is 2.37. The SMILES string of the molecule is CC1CCCCN1C(=O)CN[C@H]1CC[C@@H](CNC(=O)c2cc(C(F)(F)F)cc(C(F)(F)F)c2)CC1. The average molecular weight is 508 g/mol. The Bertz CT molecular complexity index is 862. The molecule has 2 fully saturated rings. The topological polar surface area (TPSA) is 61.4 Å². The van der Waals surface area contributed by atoms with Crippen LogP contribution in [0.1, 0.15) is 73.4 Å². The Morgan fingerprint density at radius 3 is 2.06 bits per heavy atom. The van der Waals surface area contributed by atoms with Crippen LogP contribution in [0.5, 0.6) is 0 Å². The Morgan fingerprint density at radius 1 is 0.914 bits per heavy atom. The van der Waals surface area contributed by atoms with Crippen LogP contribution in [0.2, 0.25) is 0 Å². The molecule has 3 rings (SSSR count). The second-order valence-electron chi connectivity index (χ2n) is 9.54. The number of halogens is 6. The summed E-state index contributed by atoms with van der Waals surface area (Å²) in [7, 11) is 0. The van der Waals surface area contributed by atoms with Crippen LogP contribution in [-0.4, -0.2) is 48.4 Å². The summed E-state index contributed by atoms with van der Waals surface area (Å²) in [5, 5.41) is 5.78. The molecular formula is C24H31F6N3O2. The molecule has 2 N–H and O–H groups in total. The number of piperidine rings is 1. The van der Waals surface area contributed by atoms with Crippen LogP contribution in [0, 0.1) is 5.92 Å². The van der Waals surface area contributed by atoms with E-state index in [2.05, 4.69) is 17.6 Å². The van der Waals surface area contributed by atoms with Gasteiger partial charge in [0, 0.05) is 30.7 Å². The minimum atomic E-state index is -5.00. The monoisotopic (exact) mass is 507 g/mol. The van der Waals surface area contributed by atoms with E-state index in [4.69, 9.17) is 0 Å². The Kier molecular flexibility index (Phi) is 8.72. The third-order valence-electron chi connectivity index (χ3n) is 6.91. The van der Waals surface area contributed by atoms with E-state index in [0.717, 1.165) is 51.5 Å². The van der Waals surface area contributed by atoms with Crippen molar-refractivity contribution in [2.75, 3.05) is 19.6 Å². The molecular weight excluding hydrogens is 476 g/mol. The van der Waals surface area contributed by atoms with E-state index < -0.39 is 35.0 Å². The quantitative estimate of drug-likeness (QED) is 0.533. The van der Waals surface area contributed by atoms with Crippen molar-refractivity contribution in [1.82, 2.24) is 15.5 Å². The van der Waals surface area contributed by atoms with Crippen LogP contribution in [0.15, 0.2) is 18.2 Å². The predicted molar refractivity (Wildman–Crippen MR) is 118 cm³/mol. The normalized spacial score (nSPS) is 23.7. The number of rotatable bonds is 6. The first-order valence-corrected chi connectivity index (χ1v) is 11.9. The molecule has 1 unspecified atom stereocenters. The summed E-state index contributed by atoms with van der Waals surface area (Å²) >= 11 is 0. The number of nitrogens with zero attached hydrogens (tertiary/aromatic N) is 1. The van der Waals surface area contributed by atoms with Crippen LogP contribution in [0.3, 0.4) is 0 Å². The van der Waals surface area contributed by atoms with Crippen molar-refractivity contribution in [2.24, 2.45) is 5.92 Å². The van der Waals surface area contributed by atoms with Gasteiger partial charge in [0.25, 0.3) is 5.91 Å². The van der Waals surface area contributed by atoms with Gasteiger partial charge in [0.05, 0.1) is 17.7 Å². The van der Waals surface area contributed by atoms with Crippen LogP contribution in [-0.2, 0) is 17.1 Å². The number of hydrogen-bond acceptors (Lipinski definition) is 3. The molecule has 1 atom stereocenters. The van der Waals surface area contributed by atoms with E-state index in [1.54, 1.807) is 0 Å².